The zero-order valence-corrected chi connectivity index (χ0v) is 19.7. The summed E-state index contributed by atoms with van der Waals surface area (Å²) in [7, 11) is -7.79. The first kappa shape index (κ1) is 23.2. The van der Waals surface area contributed by atoms with Crippen molar-refractivity contribution in [3.05, 3.63) is 76.4 Å². The number of nitrogens with zero attached hydrogens (tertiary/aromatic N) is 3. The number of rotatable bonds is 8. The molecule has 0 aliphatic heterocycles. The van der Waals surface area contributed by atoms with E-state index in [-0.39, 0.29) is 16.8 Å². The summed E-state index contributed by atoms with van der Waals surface area (Å²) in [4.78, 5) is 0. The van der Waals surface area contributed by atoms with Gasteiger partial charge in [0.1, 0.15) is 11.5 Å². The normalized spacial score (nSPS) is 12.1. The molecule has 0 saturated carbocycles. The Morgan fingerprint density at radius 1 is 0.848 bits per heavy atom. The van der Waals surface area contributed by atoms with Gasteiger partial charge in [-0.1, -0.05) is 35.3 Å². The lowest BCUT2D eigenvalue weighted by atomic mass is 10.2. The van der Waals surface area contributed by atoms with Gasteiger partial charge in [-0.05, 0) is 36.4 Å². The third-order valence-corrected chi connectivity index (χ3v) is 7.47. The van der Waals surface area contributed by atoms with E-state index in [0.717, 1.165) is 0 Å². The number of anilines is 1. The molecule has 14 heteroatoms. The molecule has 2 aromatic carbocycles. The van der Waals surface area contributed by atoms with Crippen molar-refractivity contribution >= 4 is 48.7 Å². The number of benzene rings is 2. The highest BCUT2D eigenvalue weighted by atomic mass is 35.5. The van der Waals surface area contributed by atoms with Crippen LogP contribution in [0.3, 0.4) is 0 Å². The van der Waals surface area contributed by atoms with Crippen LogP contribution in [-0.2, 0) is 31.4 Å². The lowest BCUT2D eigenvalue weighted by Crippen LogP contribution is -2.15. The maximum absolute atomic E-state index is 12.7. The van der Waals surface area contributed by atoms with Crippen LogP contribution in [0.4, 0.5) is 5.69 Å². The Morgan fingerprint density at radius 2 is 1.42 bits per heavy atom. The molecule has 0 radical (unpaired) electrons. The molecule has 0 atom stereocenters. The first-order chi connectivity index (χ1) is 15.6. The summed E-state index contributed by atoms with van der Waals surface area (Å²) in [5.41, 5.74) is 1.39. The van der Waals surface area contributed by atoms with Crippen molar-refractivity contribution in [3.8, 4) is 11.3 Å². The average Bonchev–Trinajstić information content (AvgIpc) is 3.40. The van der Waals surface area contributed by atoms with Crippen LogP contribution in [0.1, 0.15) is 11.8 Å². The van der Waals surface area contributed by atoms with Gasteiger partial charge in [-0.2, -0.15) is 5.10 Å². The molecule has 172 valence electrons. The highest BCUT2D eigenvalue weighted by Gasteiger charge is 2.24. The van der Waals surface area contributed by atoms with E-state index in [2.05, 4.69) is 25.1 Å². The van der Waals surface area contributed by atoms with Gasteiger partial charge in [0.15, 0.2) is 5.03 Å². The van der Waals surface area contributed by atoms with Crippen LogP contribution in [0.15, 0.2) is 64.0 Å². The first-order valence-electron chi connectivity index (χ1n) is 9.21. The minimum Gasteiger partial charge on any atom is -0.423 e. The summed E-state index contributed by atoms with van der Waals surface area (Å²) in [5, 5.41) is 14.6. The SMILES string of the molecule is O=S(=O)(Cc1nnc(CS(=O)(=O)c2cc(-c3ccc(Cl)cc3)n[nH]2)o1)Nc1ccc(Cl)cc1. The van der Waals surface area contributed by atoms with E-state index in [1.165, 1.54) is 30.3 Å². The first-order valence-corrected chi connectivity index (χ1v) is 13.3. The second-order valence-corrected chi connectivity index (χ2v) is 11.4. The monoisotopic (exact) mass is 527 g/mol. The summed E-state index contributed by atoms with van der Waals surface area (Å²) in [6, 6.07) is 14.2. The van der Waals surface area contributed by atoms with Crippen LogP contribution >= 0.6 is 23.2 Å². The van der Waals surface area contributed by atoms with Crippen LogP contribution in [-0.4, -0.2) is 37.2 Å². The smallest absolute Gasteiger partial charge is 0.241 e. The molecular formula is C19H15Cl2N5O5S2. The van der Waals surface area contributed by atoms with Gasteiger partial charge in [-0.3, -0.25) is 9.82 Å². The van der Waals surface area contributed by atoms with E-state index in [9.17, 15) is 16.8 Å². The number of halogens is 2. The number of sulfonamides is 1. The van der Waals surface area contributed by atoms with Gasteiger partial charge in [-0.25, -0.2) is 16.8 Å². The molecule has 0 amide bonds. The molecule has 0 saturated heterocycles. The summed E-state index contributed by atoms with van der Waals surface area (Å²) in [6.45, 7) is 0. The van der Waals surface area contributed by atoms with Crippen molar-refractivity contribution in [3.63, 3.8) is 0 Å². The Hall–Kier alpha value is -2.93. The number of sulfone groups is 1. The van der Waals surface area contributed by atoms with Crippen LogP contribution in [0, 0.1) is 0 Å². The van der Waals surface area contributed by atoms with Crippen molar-refractivity contribution in [1.29, 1.82) is 0 Å². The maximum Gasteiger partial charge on any atom is 0.241 e. The van der Waals surface area contributed by atoms with E-state index < -0.39 is 31.4 Å². The summed E-state index contributed by atoms with van der Waals surface area (Å²) in [5.74, 6) is -1.78. The topological polar surface area (TPSA) is 148 Å². The molecule has 33 heavy (non-hydrogen) atoms. The molecule has 0 bridgehead atoms. The lowest BCUT2D eigenvalue weighted by Gasteiger charge is -2.05. The summed E-state index contributed by atoms with van der Waals surface area (Å²) in [6.07, 6.45) is 0. The second kappa shape index (κ2) is 9.14. The van der Waals surface area contributed by atoms with Gasteiger partial charge >= 0.3 is 0 Å². The van der Waals surface area contributed by atoms with Crippen molar-refractivity contribution in [2.45, 2.75) is 16.5 Å². The van der Waals surface area contributed by atoms with Crippen molar-refractivity contribution in [2.24, 2.45) is 0 Å². The zero-order valence-electron chi connectivity index (χ0n) is 16.6. The molecule has 4 aromatic rings. The van der Waals surface area contributed by atoms with Gasteiger partial charge in [0.25, 0.3) is 0 Å². The number of aromatic amines is 1. The van der Waals surface area contributed by atoms with E-state index in [0.29, 0.717) is 27.0 Å². The largest absolute Gasteiger partial charge is 0.423 e. The fourth-order valence-corrected chi connectivity index (χ4v) is 5.11. The minimum atomic E-state index is -3.91. The molecule has 0 unspecified atom stereocenters. The lowest BCUT2D eigenvalue weighted by molar-refractivity contribution is 0.472. The predicted octanol–water partition coefficient (Wildman–Crippen LogP) is 3.68. The standard InChI is InChI=1S/C19H15Cl2N5O5S2/c20-13-3-1-12(2-4-13)16-9-19(25-22-16)32(27,28)10-17-23-24-18(31-17)11-33(29,30)26-15-7-5-14(21)6-8-15/h1-9,26H,10-11H2,(H,22,25). The molecule has 4 rings (SSSR count). The molecule has 0 aliphatic carbocycles. The van der Waals surface area contributed by atoms with E-state index in [1.807, 2.05) is 0 Å². The van der Waals surface area contributed by atoms with Gasteiger partial charge < -0.3 is 4.42 Å². The molecular weight excluding hydrogens is 513 g/mol. The van der Waals surface area contributed by atoms with Crippen molar-refractivity contribution in [2.75, 3.05) is 4.72 Å². The summed E-state index contributed by atoms with van der Waals surface area (Å²) >= 11 is 11.6. The Morgan fingerprint density at radius 3 is 2.06 bits per heavy atom. The molecule has 0 spiro atoms. The Labute approximate surface area is 198 Å². The molecule has 2 aromatic heterocycles. The van der Waals surface area contributed by atoms with E-state index in [4.69, 9.17) is 27.6 Å². The molecule has 2 heterocycles. The highest BCUT2D eigenvalue weighted by molar-refractivity contribution is 7.92. The quantitative estimate of drug-likeness (QED) is 0.352. The predicted molar refractivity (Wildman–Crippen MR) is 122 cm³/mol. The van der Waals surface area contributed by atoms with Gasteiger partial charge in [0.2, 0.25) is 31.6 Å². The molecule has 2 N–H and O–H groups in total. The fraction of sp³-hybridized carbons (Fsp3) is 0.105. The van der Waals surface area contributed by atoms with Gasteiger partial charge in [0, 0.05) is 27.4 Å². The molecule has 10 nitrogen and oxygen atoms in total. The number of nitrogens with one attached hydrogen (secondary N) is 2. The minimum absolute atomic E-state index is 0.149. The van der Waals surface area contributed by atoms with Crippen molar-refractivity contribution in [1.82, 2.24) is 20.4 Å². The molecule has 0 aliphatic rings. The number of aromatic nitrogens is 4. The van der Waals surface area contributed by atoms with E-state index >= 15 is 0 Å². The summed E-state index contributed by atoms with van der Waals surface area (Å²) < 4.78 is 57.6. The Balaban J connectivity index is 1.44. The van der Waals surface area contributed by atoms with Crippen LogP contribution in [0.25, 0.3) is 11.3 Å². The third-order valence-electron chi connectivity index (χ3n) is 4.28. The molecule has 0 fully saturated rings. The van der Waals surface area contributed by atoms with Crippen LogP contribution in [0.5, 0.6) is 0 Å². The third kappa shape index (κ3) is 5.90. The zero-order chi connectivity index (χ0) is 23.6. The van der Waals surface area contributed by atoms with Crippen LogP contribution in [0.2, 0.25) is 10.0 Å². The average molecular weight is 528 g/mol. The number of H-pyrrole nitrogens is 1. The fourth-order valence-electron chi connectivity index (χ4n) is 2.77. The van der Waals surface area contributed by atoms with Gasteiger partial charge in [-0.15, -0.1) is 10.2 Å². The number of hydrogen-bond acceptors (Lipinski definition) is 8. The Bertz CT molecular complexity index is 1480. The van der Waals surface area contributed by atoms with Crippen LogP contribution < -0.4 is 4.72 Å². The van der Waals surface area contributed by atoms with E-state index in [1.54, 1.807) is 24.3 Å². The maximum atomic E-state index is 12.7. The Kier molecular flexibility index (Phi) is 6.43. The van der Waals surface area contributed by atoms with Crippen molar-refractivity contribution < 1.29 is 21.3 Å². The highest BCUT2D eigenvalue weighted by Crippen LogP contribution is 2.23. The second-order valence-electron chi connectivity index (χ2n) is 6.84. The van der Waals surface area contributed by atoms with Gasteiger partial charge in [0.05, 0.1) is 5.69 Å². The number of hydrogen-bond donors (Lipinski definition) is 2.